The molecule has 1 aliphatic rings. The topological polar surface area (TPSA) is 23.5 Å². The van der Waals surface area contributed by atoms with Gasteiger partial charge in [0.25, 0.3) is 0 Å². The largest absolute Gasteiger partial charge is 0.389 e. The smallest absolute Gasteiger partial charge is 0.0768 e. The molecule has 1 saturated heterocycles. The lowest BCUT2D eigenvalue weighted by Gasteiger charge is -2.42. The highest BCUT2D eigenvalue weighted by atomic mass is 16.3. The molecule has 1 atom stereocenters. The molecule has 0 saturated carbocycles. The summed E-state index contributed by atoms with van der Waals surface area (Å²) in [5, 5.41) is 10.3. The van der Waals surface area contributed by atoms with E-state index >= 15 is 0 Å². The number of nitrogens with zero attached hydrogens (tertiary/aromatic N) is 1. The van der Waals surface area contributed by atoms with Crippen LogP contribution in [0.5, 0.6) is 0 Å². The third-order valence-corrected chi connectivity index (χ3v) is 3.77. The SMILES string of the molecule is CC(C)C(C)(O)CN1CCCC(C)(C)C1. The van der Waals surface area contributed by atoms with Gasteiger partial charge in [0, 0.05) is 13.1 Å². The Hall–Kier alpha value is -0.0800. The van der Waals surface area contributed by atoms with Crippen molar-refractivity contribution in [1.82, 2.24) is 4.90 Å². The van der Waals surface area contributed by atoms with E-state index in [1.165, 1.54) is 12.8 Å². The lowest BCUT2D eigenvalue weighted by atomic mass is 9.83. The predicted octanol–water partition coefficient (Wildman–Crippen LogP) is 2.52. The lowest BCUT2D eigenvalue weighted by molar-refractivity contribution is -0.0347. The van der Waals surface area contributed by atoms with Crippen molar-refractivity contribution in [2.45, 2.75) is 53.1 Å². The van der Waals surface area contributed by atoms with Crippen LogP contribution in [0.3, 0.4) is 0 Å². The Morgan fingerprint density at radius 3 is 2.47 bits per heavy atom. The maximum absolute atomic E-state index is 10.3. The van der Waals surface area contributed by atoms with Gasteiger partial charge in [-0.2, -0.15) is 0 Å². The van der Waals surface area contributed by atoms with E-state index in [4.69, 9.17) is 0 Å². The van der Waals surface area contributed by atoms with Crippen molar-refractivity contribution in [3.8, 4) is 0 Å². The van der Waals surface area contributed by atoms with Gasteiger partial charge in [-0.1, -0.05) is 27.7 Å². The van der Waals surface area contributed by atoms with E-state index in [-0.39, 0.29) is 0 Å². The van der Waals surface area contributed by atoms with E-state index in [1.54, 1.807) is 0 Å². The van der Waals surface area contributed by atoms with E-state index in [1.807, 2.05) is 6.92 Å². The van der Waals surface area contributed by atoms with Crippen molar-refractivity contribution in [2.24, 2.45) is 11.3 Å². The fraction of sp³-hybridized carbons (Fsp3) is 1.00. The zero-order valence-electron chi connectivity index (χ0n) is 11.0. The Balaban J connectivity index is 2.52. The van der Waals surface area contributed by atoms with Crippen LogP contribution < -0.4 is 0 Å². The van der Waals surface area contributed by atoms with Gasteiger partial charge in [0.15, 0.2) is 0 Å². The Labute approximate surface area is 94.7 Å². The van der Waals surface area contributed by atoms with Crippen molar-refractivity contribution >= 4 is 0 Å². The minimum absolute atomic E-state index is 0.322. The molecule has 1 unspecified atom stereocenters. The highest BCUT2D eigenvalue weighted by molar-refractivity contribution is 4.86. The molecule has 2 heteroatoms. The van der Waals surface area contributed by atoms with Gasteiger partial charge in [0.05, 0.1) is 5.60 Å². The number of hydrogen-bond donors (Lipinski definition) is 1. The normalized spacial score (nSPS) is 26.6. The number of β-amino-alcohol motifs (C(OH)–C–C–N with tert-alkyl or cyclic N) is 1. The second kappa shape index (κ2) is 4.42. The average molecular weight is 213 g/mol. The van der Waals surface area contributed by atoms with Crippen LogP contribution in [-0.2, 0) is 0 Å². The summed E-state index contributed by atoms with van der Waals surface area (Å²) in [6.45, 7) is 13.9. The van der Waals surface area contributed by atoms with Gasteiger partial charge in [0.2, 0.25) is 0 Å². The van der Waals surface area contributed by atoms with Gasteiger partial charge in [-0.15, -0.1) is 0 Å². The highest BCUT2D eigenvalue weighted by Gasteiger charge is 2.32. The molecule has 0 radical (unpaired) electrons. The van der Waals surface area contributed by atoms with Crippen LogP contribution >= 0.6 is 0 Å². The summed E-state index contributed by atoms with van der Waals surface area (Å²) in [5.74, 6) is 0.322. The number of rotatable bonds is 3. The zero-order valence-corrected chi connectivity index (χ0v) is 11.0. The van der Waals surface area contributed by atoms with Gasteiger partial charge in [-0.05, 0) is 37.6 Å². The first-order valence-electron chi connectivity index (χ1n) is 6.18. The standard InChI is InChI=1S/C13H27NO/c1-11(2)13(5,15)10-14-8-6-7-12(3,4)9-14/h11,15H,6-10H2,1-5H3. The van der Waals surface area contributed by atoms with Gasteiger partial charge in [-0.3, -0.25) is 4.90 Å². The predicted molar refractivity (Wildman–Crippen MR) is 64.9 cm³/mol. The molecule has 0 amide bonds. The monoisotopic (exact) mass is 213 g/mol. The van der Waals surface area contributed by atoms with Crippen molar-refractivity contribution in [1.29, 1.82) is 0 Å². The van der Waals surface area contributed by atoms with Gasteiger partial charge in [-0.25, -0.2) is 0 Å². The first-order chi connectivity index (χ1) is 6.73. The Morgan fingerprint density at radius 1 is 1.40 bits per heavy atom. The average Bonchev–Trinajstić information content (AvgIpc) is 2.00. The maximum Gasteiger partial charge on any atom is 0.0768 e. The number of likely N-dealkylation sites (tertiary alicyclic amines) is 1. The molecule has 1 aliphatic heterocycles. The van der Waals surface area contributed by atoms with E-state index in [0.29, 0.717) is 11.3 Å². The second-order valence-corrected chi connectivity index (χ2v) is 6.49. The number of piperidine rings is 1. The molecule has 1 N–H and O–H groups in total. The molecule has 0 aliphatic carbocycles. The summed E-state index contributed by atoms with van der Waals surface area (Å²) in [6, 6.07) is 0. The van der Waals surface area contributed by atoms with E-state index < -0.39 is 5.60 Å². The second-order valence-electron chi connectivity index (χ2n) is 6.49. The summed E-state index contributed by atoms with van der Waals surface area (Å²) in [7, 11) is 0. The minimum Gasteiger partial charge on any atom is -0.389 e. The van der Waals surface area contributed by atoms with Gasteiger partial charge < -0.3 is 5.11 Å². The minimum atomic E-state index is -0.548. The first-order valence-corrected chi connectivity index (χ1v) is 6.18. The molecular formula is C13H27NO. The van der Waals surface area contributed by atoms with Crippen LogP contribution in [0.25, 0.3) is 0 Å². The van der Waals surface area contributed by atoms with Crippen molar-refractivity contribution < 1.29 is 5.11 Å². The molecule has 0 aromatic rings. The molecule has 0 aromatic heterocycles. The Bertz CT molecular complexity index is 209. The summed E-state index contributed by atoms with van der Waals surface area (Å²) < 4.78 is 0. The number of aliphatic hydroxyl groups is 1. The van der Waals surface area contributed by atoms with E-state index in [9.17, 15) is 5.11 Å². The first kappa shape index (κ1) is 13.0. The van der Waals surface area contributed by atoms with Crippen LogP contribution in [-0.4, -0.2) is 35.2 Å². The summed E-state index contributed by atoms with van der Waals surface area (Å²) in [5.41, 5.74) is -0.126. The van der Waals surface area contributed by atoms with Crippen molar-refractivity contribution in [2.75, 3.05) is 19.6 Å². The summed E-state index contributed by atoms with van der Waals surface area (Å²) in [4.78, 5) is 2.42. The number of hydrogen-bond acceptors (Lipinski definition) is 2. The van der Waals surface area contributed by atoms with E-state index in [0.717, 1.165) is 19.6 Å². The highest BCUT2D eigenvalue weighted by Crippen LogP contribution is 2.30. The van der Waals surface area contributed by atoms with Crippen LogP contribution in [0.2, 0.25) is 0 Å². The third kappa shape index (κ3) is 3.76. The molecule has 2 nitrogen and oxygen atoms in total. The Kier molecular flexibility index (Phi) is 3.83. The molecular weight excluding hydrogens is 186 g/mol. The third-order valence-electron chi connectivity index (χ3n) is 3.77. The van der Waals surface area contributed by atoms with Crippen LogP contribution in [0.15, 0.2) is 0 Å². The summed E-state index contributed by atoms with van der Waals surface area (Å²) in [6.07, 6.45) is 2.58. The molecule has 0 bridgehead atoms. The Morgan fingerprint density at radius 2 is 2.00 bits per heavy atom. The fourth-order valence-corrected chi connectivity index (χ4v) is 2.31. The van der Waals surface area contributed by atoms with Crippen LogP contribution in [0.1, 0.15) is 47.5 Å². The molecule has 0 spiro atoms. The lowest BCUT2D eigenvalue weighted by Crippen LogP contribution is -2.49. The fourth-order valence-electron chi connectivity index (χ4n) is 2.31. The van der Waals surface area contributed by atoms with Crippen molar-refractivity contribution in [3.63, 3.8) is 0 Å². The summed E-state index contributed by atoms with van der Waals surface area (Å²) >= 11 is 0. The molecule has 1 fully saturated rings. The molecule has 0 aromatic carbocycles. The van der Waals surface area contributed by atoms with Crippen LogP contribution in [0.4, 0.5) is 0 Å². The van der Waals surface area contributed by atoms with Crippen molar-refractivity contribution in [3.05, 3.63) is 0 Å². The van der Waals surface area contributed by atoms with E-state index in [2.05, 4.69) is 32.6 Å². The zero-order chi connectivity index (χ0) is 11.7. The molecule has 15 heavy (non-hydrogen) atoms. The van der Waals surface area contributed by atoms with Gasteiger partial charge >= 0.3 is 0 Å². The maximum atomic E-state index is 10.3. The van der Waals surface area contributed by atoms with Crippen LogP contribution in [0, 0.1) is 11.3 Å². The van der Waals surface area contributed by atoms with Gasteiger partial charge in [0.1, 0.15) is 0 Å². The molecule has 1 heterocycles. The molecule has 90 valence electrons. The quantitative estimate of drug-likeness (QED) is 0.778. The molecule has 1 rings (SSSR count).